The summed E-state index contributed by atoms with van der Waals surface area (Å²) < 4.78 is 11.0. The average Bonchev–Trinajstić information content (AvgIpc) is 2.76. The second-order valence-corrected chi connectivity index (χ2v) is 8.68. The van der Waals surface area contributed by atoms with Gasteiger partial charge in [0.15, 0.2) is 0 Å². The number of carbonyl (C=O) groups excluding carboxylic acids is 1. The van der Waals surface area contributed by atoms with E-state index in [1.165, 1.54) is 77.0 Å². The first-order valence-corrected chi connectivity index (χ1v) is 13.1. The molecule has 30 heavy (non-hydrogen) atoms. The van der Waals surface area contributed by atoms with Crippen molar-refractivity contribution in [1.29, 1.82) is 0 Å². The minimum absolute atomic E-state index is 0.0211. The van der Waals surface area contributed by atoms with Crippen LogP contribution in [0.5, 0.6) is 0 Å². The number of esters is 1. The van der Waals surface area contributed by atoms with Gasteiger partial charge in [-0.25, -0.2) is 0 Å². The Morgan fingerprint density at radius 2 is 1.27 bits per heavy atom. The Morgan fingerprint density at radius 3 is 1.80 bits per heavy atom. The third kappa shape index (κ3) is 19.4. The van der Waals surface area contributed by atoms with Crippen LogP contribution in [0.4, 0.5) is 0 Å². The van der Waals surface area contributed by atoms with E-state index >= 15 is 0 Å². The van der Waals surface area contributed by atoms with Crippen LogP contribution in [0.3, 0.4) is 0 Å². The van der Waals surface area contributed by atoms with Gasteiger partial charge in [0.2, 0.25) is 0 Å². The maximum Gasteiger partial charge on any atom is 0.305 e. The molecule has 0 bridgehead atoms. The van der Waals surface area contributed by atoms with Crippen molar-refractivity contribution in [2.75, 3.05) is 33.4 Å². The van der Waals surface area contributed by atoms with Crippen LogP contribution < -0.4 is 0 Å². The van der Waals surface area contributed by atoms with E-state index in [1.54, 1.807) is 0 Å². The van der Waals surface area contributed by atoms with Crippen molar-refractivity contribution in [3.05, 3.63) is 0 Å². The number of carbonyl (C=O) groups is 1. The third-order valence-corrected chi connectivity index (χ3v) is 6.15. The summed E-state index contributed by atoms with van der Waals surface area (Å²) in [5.41, 5.74) is 0. The SMILES string of the molecule is CCCCCCCCC(CCCCCCCCC(=O)OCCCN(CC)CC)OC. The fraction of sp³-hybridized carbons (Fsp3) is 0.962. The molecule has 0 spiro atoms. The zero-order valence-electron chi connectivity index (χ0n) is 20.9. The van der Waals surface area contributed by atoms with Gasteiger partial charge in [-0.1, -0.05) is 91.4 Å². The molecule has 0 fully saturated rings. The van der Waals surface area contributed by atoms with Gasteiger partial charge < -0.3 is 14.4 Å². The molecule has 0 rings (SSSR count). The first kappa shape index (κ1) is 29.4. The van der Waals surface area contributed by atoms with Gasteiger partial charge in [0, 0.05) is 20.1 Å². The molecule has 180 valence electrons. The van der Waals surface area contributed by atoms with Crippen molar-refractivity contribution in [2.24, 2.45) is 0 Å². The smallest absolute Gasteiger partial charge is 0.305 e. The minimum Gasteiger partial charge on any atom is -0.466 e. The average molecular weight is 428 g/mol. The first-order valence-electron chi connectivity index (χ1n) is 13.1. The van der Waals surface area contributed by atoms with Crippen LogP contribution in [-0.2, 0) is 14.3 Å². The lowest BCUT2D eigenvalue weighted by molar-refractivity contribution is -0.143. The molecular formula is C26H53NO3. The molecule has 0 aliphatic carbocycles. The van der Waals surface area contributed by atoms with E-state index in [-0.39, 0.29) is 5.97 Å². The highest BCUT2D eigenvalue weighted by molar-refractivity contribution is 5.69. The lowest BCUT2D eigenvalue weighted by Gasteiger charge is -2.17. The molecule has 0 N–H and O–H groups in total. The van der Waals surface area contributed by atoms with Gasteiger partial charge in [-0.2, -0.15) is 0 Å². The van der Waals surface area contributed by atoms with Crippen molar-refractivity contribution in [1.82, 2.24) is 4.90 Å². The molecule has 0 aliphatic heterocycles. The van der Waals surface area contributed by atoms with Crippen LogP contribution in [0.15, 0.2) is 0 Å². The number of hydrogen-bond acceptors (Lipinski definition) is 4. The summed E-state index contributed by atoms with van der Waals surface area (Å²) in [7, 11) is 1.87. The summed E-state index contributed by atoms with van der Waals surface area (Å²) in [6.45, 7) is 10.3. The molecule has 1 atom stereocenters. The maximum absolute atomic E-state index is 11.8. The molecule has 0 aliphatic rings. The van der Waals surface area contributed by atoms with Gasteiger partial charge >= 0.3 is 5.97 Å². The van der Waals surface area contributed by atoms with Crippen LogP contribution in [-0.4, -0.2) is 50.3 Å². The van der Waals surface area contributed by atoms with Crippen LogP contribution in [0.1, 0.15) is 124 Å². The van der Waals surface area contributed by atoms with E-state index in [1.807, 2.05) is 7.11 Å². The molecule has 0 heterocycles. The molecule has 0 aromatic carbocycles. The van der Waals surface area contributed by atoms with Gasteiger partial charge in [0.1, 0.15) is 0 Å². The van der Waals surface area contributed by atoms with E-state index in [2.05, 4.69) is 25.7 Å². The largest absolute Gasteiger partial charge is 0.466 e. The zero-order chi connectivity index (χ0) is 22.3. The molecule has 4 nitrogen and oxygen atoms in total. The molecule has 0 amide bonds. The highest BCUT2D eigenvalue weighted by atomic mass is 16.5. The van der Waals surface area contributed by atoms with Crippen molar-refractivity contribution >= 4 is 5.97 Å². The lowest BCUT2D eigenvalue weighted by atomic mass is 10.0. The summed E-state index contributed by atoms with van der Waals surface area (Å²) in [4.78, 5) is 14.1. The van der Waals surface area contributed by atoms with Crippen molar-refractivity contribution in [3.8, 4) is 0 Å². The number of hydrogen-bond donors (Lipinski definition) is 0. The maximum atomic E-state index is 11.8. The van der Waals surface area contributed by atoms with Gasteiger partial charge in [0.25, 0.3) is 0 Å². The molecule has 0 aromatic rings. The number of rotatable bonds is 23. The van der Waals surface area contributed by atoms with E-state index in [4.69, 9.17) is 9.47 Å². The molecular weight excluding hydrogens is 374 g/mol. The first-order chi connectivity index (χ1) is 14.7. The fourth-order valence-corrected chi connectivity index (χ4v) is 3.97. The van der Waals surface area contributed by atoms with Crippen molar-refractivity contribution in [3.63, 3.8) is 0 Å². The van der Waals surface area contributed by atoms with E-state index < -0.39 is 0 Å². The molecule has 0 radical (unpaired) electrons. The van der Waals surface area contributed by atoms with Crippen LogP contribution >= 0.6 is 0 Å². The quantitative estimate of drug-likeness (QED) is 0.128. The molecule has 0 saturated carbocycles. The minimum atomic E-state index is -0.0211. The monoisotopic (exact) mass is 427 g/mol. The van der Waals surface area contributed by atoms with Gasteiger partial charge in [-0.15, -0.1) is 0 Å². The summed E-state index contributed by atoms with van der Waals surface area (Å²) in [5, 5.41) is 0. The fourth-order valence-electron chi connectivity index (χ4n) is 3.97. The van der Waals surface area contributed by atoms with Crippen LogP contribution in [0.2, 0.25) is 0 Å². The van der Waals surface area contributed by atoms with Crippen molar-refractivity contribution in [2.45, 2.75) is 130 Å². The van der Waals surface area contributed by atoms with Crippen LogP contribution in [0.25, 0.3) is 0 Å². The van der Waals surface area contributed by atoms with Gasteiger partial charge in [-0.3, -0.25) is 4.79 Å². The van der Waals surface area contributed by atoms with Crippen LogP contribution in [0, 0.1) is 0 Å². The van der Waals surface area contributed by atoms with E-state index in [0.717, 1.165) is 38.9 Å². The second-order valence-electron chi connectivity index (χ2n) is 8.68. The molecule has 4 heteroatoms. The highest BCUT2D eigenvalue weighted by Gasteiger charge is 2.07. The summed E-state index contributed by atoms with van der Waals surface area (Å²) in [6.07, 6.45) is 19.7. The third-order valence-electron chi connectivity index (χ3n) is 6.15. The number of ether oxygens (including phenoxy) is 2. The normalized spacial score (nSPS) is 12.4. The molecule has 0 saturated heterocycles. The van der Waals surface area contributed by atoms with Gasteiger partial charge in [0.05, 0.1) is 12.7 Å². The highest BCUT2D eigenvalue weighted by Crippen LogP contribution is 2.16. The topological polar surface area (TPSA) is 38.8 Å². The Bertz CT molecular complexity index is 358. The molecule has 1 unspecified atom stereocenters. The van der Waals surface area contributed by atoms with E-state index in [9.17, 15) is 4.79 Å². The number of methoxy groups -OCH3 is 1. The second kappa shape index (κ2) is 23.1. The summed E-state index contributed by atoms with van der Waals surface area (Å²) in [6, 6.07) is 0. The predicted molar refractivity (Wildman–Crippen MR) is 129 cm³/mol. The standard InChI is InChI=1S/C26H53NO3/c1-5-8-9-10-13-16-20-25(29-4)21-17-14-11-12-15-18-22-26(28)30-24-19-23-27(6-2)7-3/h25H,5-24H2,1-4H3. The van der Waals surface area contributed by atoms with Gasteiger partial charge in [-0.05, 0) is 38.8 Å². The Labute approximate surface area is 188 Å². The predicted octanol–water partition coefficient (Wildman–Crippen LogP) is 7.15. The Morgan fingerprint density at radius 1 is 0.733 bits per heavy atom. The summed E-state index contributed by atoms with van der Waals surface area (Å²) >= 11 is 0. The Hall–Kier alpha value is -0.610. The lowest BCUT2D eigenvalue weighted by Crippen LogP contribution is -2.25. The van der Waals surface area contributed by atoms with Crippen molar-refractivity contribution < 1.29 is 14.3 Å². The Kier molecular flexibility index (Phi) is 22.6. The summed E-state index contributed by atoms with van der Waals surface area (Å²) in [5.74, 6) is -0.0211. The van der Waals surface area contributed by atoms with E-state index in [0.29, 0.717) is 19.1 Å². The number of unbranched alkanes of at least 4 members (excludes halogenated alkanes) is 10. The number of nitrogens with zero attached hydrogens (tertiary/aromatic N) is 1. The zero-order valence-corrected chi connectivity index (χ0v) is 20.9. The Balaban J connectivity index is 3.43. The molecule has 0 aromatic heterocycles.